The highest BCUT2D eigenvalue weighted by molar-refractivity contribution is 7.98. The molecule has 0 unspecified atom stereocenters. The van der Waals surface area contributed by atoms with Gasteiger partial charge in [0, 0.05) is 11.3 Å². The minimum absolute atomic E-state index is 0.103. The Kier molecular flexibility index (Phi) is 6.53. The van der Waals surface area contributed by atoms with E-state index in [0.717, 1.165) is 36.8 Å². The summed E-state index contributed by atoms with van der Waals surface area (Å²) in [4.78, 5) is 27.3. The summed E-state index contributed by atoms with van der Waals surface area (Å²) < 4.78 is 15.5. The number of aromatic nitrogens is 2. The second-order valence-electron chi connectivity index (χ2n) is 7.04. The molecule has 1 heterocycles. The Morgan fingerprint density at radius 3 is 2.58 bits per heavy atom. The summed E-state index contributed by atoms with van der Waals surface area (Å²) in [5, 5.41) is 7.33. The molecule has 0 atom stereocenters. The smallest absolute Gasteiger partial charge is 0.287 e. The molecule has 3 rings (SSSR count). The molecule has 2 aliphatic carbocycles. The van der Waals surface area contributed by atoms with E-state index in [1.54, 1.807) is 0 Å². The zero-order chi connectivity index (χ0) is 18.5. The van der Waals surface area contributed by atoms with Crippen LogP contribution in [0.5, 0.6) is 0 Å². The molecule has 0 bridgehead atoms. The van der Waals surface area contributed by atoms with Crippen LogP contribution in [0.25, 0.3) is 0 Å². The Labute approximate surface area is 157 Å². The first-order chi connectivity index (χ1) is 12.5. The fraction of sp³-hybridized carbons (Fsp3) is 0.706. The average Bonchev–Trinajstić information content (AvgIpc) is 2.86. The number of nitrogens with zero attached hydrogens (tertiary/aromatic N) is 2. The van der Waals surface area contributed by atoms with Gasteiger partial charge >= 0.3 is 0 Å². The highest BCUT2D eigenvalue weighted by Crippen LogP contribution is 2.26. The molecule has 9 heteroatoms. The summed E-state index contributed by atoms with van der Waals surface area (Å²) in [6, 6.07) is 0.190. The van der Waals surface area contributed by atoms with Crippen LogP contribution in [0.15, 0.2) is 0 Å². The molecular weight excluding hydrogens is 357 g/mol. The van der Waals surface area contributed by atoms with E-state index < -0.39 is 11.7 Å². The van der Waals surface area contributed by atoms with E-state index in [0.29, 0.717) is 5.25 Å². The van der Waals surface area contributed by atoms with E-state index in [9.17, 15) is 14.0 Å². The van der Waals surface area contributed by atoms with Gasteiger partial charge in [-0.2, -0.15) is 9.93 Å². The van der Waals surface area contributed by atoms with Gasteiger partial charge in [-0.25, -0.2) is 9.07 Å². The number of halogens is 1. The van der Waals surface area contributed by atoms with Crippen molar-refractivity contribution in [2.75, 3.05) is 0 Å². The number of rotatable bonds is 7. The maximum absolute atomic E-state index is 14.3. The Bertz CT molecular complexity index is 656. The Morgan fingerprint density at radius 1 is 1.19 bits per heavy atom. The van der Waals surface area contributed by atoms with Crippen LogP contribution in [0.4, 0.5) is 4.39 Å². The number of aryl methyl sites for hydroxylation is 1. The van der Waals surface area contributed by atoms with E-state index in [-0.39, 0.29) is 29.9 Å². The first kappa shape index (κ1) is 19.2. The van der Waals surface area contributed by atoms with Crippen LogP contribution in [0.3, 0.4) is 0 Å². The second kappa shape index (κ2) is 8.85. The highest BCUT2D eigenvalue weighted by Gasteiger charge is 2.25. The molecule has 0 saturated heterocycles. The third-order valence-electron chi connectivity index (χ3n) is 4.98. The first-order valence-corrected chi connectivity index (χ1v) is 10.2. The molecule has 7 nitrogen and oxygen atoms in total. The Morgan fingerprint density at radius 2 is 1.92 bits per heavy atom. The summed E-state index contributed by atoms with van der Waals surface area (Å²) in [6.07, 6.45) is 8.92. The van der Waals surface area contributed by atoms with Gasteiger partial charge in [-0.1, -0.05) is 31.2 Å². The monoisotopic (exact) mass is 383 g/mol. The van der Waals surface area contributed by atoms with Crippen molar-refractivity contribution in [1.82, 2.24) is 25.4 Å². The molecule has 1 aromatic rings. The van der Waals surface area contributed by atoms with Crippen LogP contribution >= 0.6 is 11.9 Å². The number of hydrazine groups is 1. The number of carbonyl (C=O) groups excluding carboxylic acids is 2. The van der Waals surface area contributed by atoms with E-state index in [1.807, 2.05) is 0 Å². The number of carbonyl (C=O) groups is 2. The van der Waals surface area contributed by atoms with Gasteiger partial charge in [0.25, 0.3) is 5.91 Å². The molecule has 0 spiro atoms. The van der Waals surface area contributed by atoms with Crippen molar-refractivity contribution in [3.63, 3.8) is 0 Å². The van der Waals surface area contributed by atoms with Crippen LogP contribution in [0.2, 0.25) is 0 Å². The van der Waals surface area contributed by atoms with Gasteiger partial charge in [0.05, 0.1) is 5.69 Å². The van der Waals surface area contributed by atoms with Crippen LogP contribution in [0, 0.1) is 12.7 Å². The maximum Gasteiger partial charge on any atom is 0.287 e. The number of hydrogen-bond donors (Lipinski definition) is 3. The van der Waals surface area contributed by atoms with Gasteiger partial charge in [-0.3, -0.25) is 15.0 Å². The molecule has 144 valence electrons. The van der Waals surface area contributed by atoms with Crippen molar-refractivity contribution in [3.05, 3.63) is 17.2 Å². The summed E-state index contributed by atoms with van der Waals surface area (Å²) in [6.45, 7) is 1.32. The normalized spacial score (nSPS) is 18.4. The molecule has 0 aliphatic heterocycles. The number of amides is 2. The molecule has 26 heavy (non-hydrogen) atoms. The van der Waals surface area contributed by atoms with Crippen molar-refractivity contribution >= 4 is 23.8 Å². The number of nitrogens with one attached hydrogen (secondary N) is 3. The Hall–Kier alpha value is -1.61. The van der Waals surface area contributed by atoms with Crippen molar-refractivity contribution in [3.8, 4) is 0 Å². The predicted octanol–water partition coefficient (Wildman–Crippen LogP) is 2.21. The van der Waals surface area contributed by atoms with Gasteiger partial charge in [0.15, 0.2) is 11.5 Å². The van der Waals surface area contributed by atoms with Crippen molar-refractivity contribution in [2.24, 2.45) is 0 Å². The minimum atomic E-state index is -0.691. The molecule has 2 saturated carbocycles. The van der Waals surface area contributed by atoms with Gasteiger partial charge in [-0.05, 0) is 39.0 Å². The van der Waals surface area contributed by atoms with E-state index in [2.05, 4.69) is 20.7 Å². The summed E-state index contributed by atoms with van der Waals surface area (Å²) in [5.41, 5.74) is 2.40. The fourth-order valence-corrected chi connectivity index (χ4v) is 4.14. The van der Waals surface area contributed by atoms with Gasteiger partial charge < -0.3 is 5.32 Å². The SMILES string of the molecule is Cc1nn(CC(=O)NC2CCC2)c(C(=O)NNSC2CCCCC2)c1F. The lowest BCUT2D eigenvalue weighted by atomic mass is 9.93. The third kappa shape index (κ3) is 4.76. The van der Waals surface area contributed by atoms with Gasteiger partial charge in [-0.15, -0.1) is 0 Å². The molecule has 0 radical (unpaired) electrons. The summed E-state index contributed by atoms with van der Waals surface area (Å²) >= 11 is 1.46. The Balaban J connectivity index is 1.56. The van der Waals surface area contributed by atoms with E-state index in [1.165, 1.54) is 38.1 Å². The highest BCUT2D eigenvalue weighted by atomic mass is 32.2. The summed E-state index contributed by atoms with van der Waals surface area (Å²) in [7, 11) is 0. The van der Waals surface area contributed by atoms with E-state index >= 15 is 0 Å². The minimum Gasteiger partial charge on any atom is -0.352 e. The molecule has 2 fully saturated rings. The predicted molar refractivity (Wildman–Crippen MR) is 97.8 cm³/mol. The second-order valence-corrected chi connectivity index (χ2v) is 8.14. The number of hydrogen-bond acceptors (Lipinski definition) is 5. The van der Waals surface area contributed by atoms with Crippen LogP contribution in [-0.4, -0.2) is 32.9 Å². The van der Waals surface area contributed by atoms with Gasteiger partial charge in [0.1, 0.15) is 6.54 Å². The lowest BCUT2D eigenvalue weighted by molar-refractivity contribution is -0.123. The third-order valence-corrected chi connectivity index (χ3v) is 6.00. The molecular formula is C17H26FN5O2S. The maximum atomic E-state index is 14.3. The standard InChI is InChI=1S/C17H26FN5O2S/c1-11-15(18)16(17(25)20-22-26-13-8-3-2-4-9-13)23(21-11)10-14(24)19-12-6-5-7-12/h12-13,22H,2-10H2,1H3,(H,19,24)(H,20,25). The zero-order valence-corrected chi connectivity index (χ0v) is 15.8. The van der Waals surface area contributed by atoms with Crippen molar-refractivity contribution < 1.29 is 14.0 Å². The molecule has 2 amide bonds. The molecule has 2 aliphatic rings. The van der Waals surface area contributed by atoms with E-state index in [4.69, 9.17) is 0 Å². The lowest BCUT2D eigenvalue weighted by Crippen LogP contribution is -2.42. The van der Waals surface area contributed by atoms with Gasteiger partial charge in [0.2, 0.25) is 5.91 Å². The van der Waals surface area contributed by atoms with Crippen LogP contribution < -0.4 is 15.6 Å². The van der Waals surface area contributed by atoms with Crippen LogP contribution in [-0.2, 0) is 11.3 Å². The summed E-state index contributed by atoms with van der Waals surface area (Å²) in [5.74, 6) is -1.57. The molecule has 3 N–H and O–H groups in total. The fourth-order valence-electron chi connectivity index (χ4n) is 3.25. The first-order valence-electron chi connectivity index (χ1n) is 9.28. The van der Waals surface area contributed by atoms with Crippen LogP contribution in [0.1, 0.15) is 67.5 Å². The van der Waals surface area contributed by atoms with Crippen molar-refractivity contribution in [2.45, 2.75) is 76.1 Å². The molecule has 0 aromatic carbocycles. The quantitative estimate of drug-likeness (QED) is 0.496. The molecule has 1 aromatic heterocycles. The van der Waals surface area contributed by atoms with Crippen molar-refractivity contribution in [1.29, 1.82) is 0 Å². The topological polar surface area (TPSA) is 88.0 Å². The largest absolute Gasteiger partial charge is 0.352 e. The zero-order valence-electron chi connectivity index (χ0n) is 15.0. The average molecular weight is 383 g/mol. The lowest BCUT2D eigenvalue weighted by Gasteiger charge is -2.26.